The molecule has 3 N–H and O–H groups in total. The summed E-state index contributed by atoms with van der Waals surface area (Å²) in [6.07, 6.45) is 1.96. The minimum atomic E-state index is -0.998. The Morgan fingerprint density at radius 2 is 2.17 bits per heavy atom. The Hall–Kier alpha value is -1.99. The molecule has 0 unspecified atom stereocenters. The predicted octanol–water partition coefficient (Wildman–Crippen LogP) is 4.23. The Morgan fingerprint density at radius 3 is 2.79 bits per heavy atom. The lowest BCUT2D eigenvalue weighted by Crippen LogP contribution is -2.14. The standard InChI is InChI=1S/C17H17N3O2S2/c1-7-12(23-6-19-7)9-8-4-5-17(2,3)14(8)20-15-10(9)11(18)13(24-15)16(21)22/h6H,4-5,18H2,1-3H3,(H,21,22). The third-order valence-electron chi connectivity index (χ3n) is 4.79. The van der Waals surface area contributed by atoms with Gasteiger partial charge >= 0.3 is 5.97 Å². The van der Waals surface area contributed by atoms with Gasteiger partial charge in [0, 0.05) is 16.4 Å². The van der Waals surface area contributed by atoms with Crippen molar-refractivity contribution in [1.82, 2.24) is 9.97 Å². The number of thiophene rings is 1. The quantitative estimate of drug-likeness (QED) is 0.714. The molecule has 3 aromatic heterocycles. The van der Waals surface area contributed by atoms with Gasteiger partial charge in [-0.2, -0.15) is 0 Å². The molecule has 3 heterocycles. The van der Waals surface area contributed by atoms with Crippen LogP contribution in [0, 0.1) is 6.92 Å². The van der Waals surface area contributed by atoms with Gasteiger partial charge in [-0.3, -0.25) is 0 Å². The number of nitrogens with two attached hydrogens (primary N) is 1. The van der Waals surface area contributed by atoms with E-state index in [1.807, 2.05) is 12.4 Å². The molecule has 7 heteroatoms. The number of hydrogen-bond donors (Lipinski definition) is 2. The molecule has 0 atom stereocenters. The van der Waals surface area contributed by atoms with Crippen molar-refractivity contribution in [3.05, 3.63) is 27.3 Å². The topological polar surface area (TPSA) is 89.1 Å². The molecule has 5 nitrogen and oxygen atoms in total. The van der Waals surface area contributed by atoms with Crippen molar-refractivity contribution in [2.75, 3.05) is 5.73 Å². The summed E-state index contributed by atoms with van der Waals surface area (Å²) in [5.41, 5.74) is 12.6. The molecule has 1 aliphatic carbocycles. The first-order valence-electron chi connectivity index (χ1n) is 7.70. The fraction of sp³-hybridized carbons (Fsp3) is 0.353. The van der Waals surface area contributed by atoms with Crippen LogP contribution in [0.3, 0.4) is 0 Å². The Balaban J connectivity index is 2.19. The predicted molar refractivity (Wildman–Crippen MR) is 98.2 cm³/mol. The third kappa shape index (κ3) is 2.01. The van der Waals surface area contributed by atoms with Crippen LogP contribution >= 0.6 is 22.7 Å². The molecule has 0 spiro atoms. The van der Waals surface area contributed by atoms with Crippen LogP contribution in [0.5, 0.6) is 0 Å². The van der Waals surface area contributed by atoms with E-state index >= 15 is 0 Å². The molecule has 0 amide bonds. The summed E-state index contributed by atoms with van der Waals surface area (Å²) in [5, 5.41) is 10.2. The van der Waals surface area contributed by atoms with Crippen molar-refractivity contribution < 1.29 is 9.90 Å². The maximum atomic E-state index is 11.5. The van der Waals surface area contributed by atoms with E-state index in [9.17, 15) is 9.90 Å². The summed E-state index contributed by atoms with van der Waals surface area (Å²) in [4.78, 5) is 22.7. The maximum absolute atomic E-state index is 11.5. The number of rotatable bonds is 2. The van der Waals surface area contributed by atoms with Gasteiger partial charge in [-0.25, -0.2) is 14.8 Å². The number of hydrogen-bond acceptors (Lipinski definition) is 6. The van der Waals surface area contributed by atoms with E-state index in [4.69, 9.17) is 10.7 Å². The van der Waals surface area contributed by atoms with Crippen molar-refractivity contribution in [3.63, 3.8) is 0 Å². The number of pyridine rings is 1. The number of anilines is 1. The second-order valence-electron chi connectivity index (χ2n) is 6.79. The lowest BCUT2D eigenvalue weighted by Gasteiger charge is -2.18. The van der Waals surface area contributed by atoms with E-state index < -0.39 is 5.97 Å². The van der Waals surface area contributed by atoms with Gasteiger partial charge in [0.25, 0.3) is 0 Å². The lowest BCUT2D eigenvalue weighted by molar-refractivity contribution is 0.0703. The van der Waals surface area contributed by atoms with Gasteiger partial charge in [0.05, 0.1) is 27.5 Å². The van der Waals surface area contributed by atoms with Gasteiger partial charge < -0.3 is 10.8 Å². The Bertz CT molecular complexity index is 1000. The fourth-order valence-corrected chi connectivity index (χ4v) is 5.33. The van der Waals surface area contributed by atoms with Crippen molar-refractivity contribution >= 4 is 44.5 Å². The molecule has 0 aromatic carbocycles. The van der Waals surface area contributed by atoms with Crippen molar-refractivity contribution in [2.45, 2.75) is 39.0 Å². The van der Waals surface area contributed by atoms with E-state index in [-0.39, 0.29) is 10.3 Å². The zero-order chi connectivity index (χ0) is 17.2. The number of nitrogens with zero attached hydrogens (tertiary/aromatic N) is 2. The highest BCUT2D eigenvalue weighted by Crippen LogP contribution is 2.49. The normalized spacial score (nSPS) is 15.8. The lowest BCUT2D eigenvalue weighted by atomic mass is 9.89. The van der Waals surface area contributed by atoms with Gasteiger partial charge in [0.15, 0.2) is 0 Å². The minimum absolute atomic E-state index is 0.0149. The molecule has 0 radical (unpaired) electrons. The van der Waals surface area contributed by atoms with E-state index in [2.05, 4.69) is 18.8 Å². The number of aromatic nitrogens is 2. The average molecular weight is 359 g/mol. The summed E-state index contributed by atoms with van der Waals surface area (Å²) in [5.74, 6) is -0.998. The van der Waals surface area contributed by atoms with E-state index in [0.717, 1.165) is 51.4 Å². The molecule has 124 valence electrons. The number of carbonyl (C=O) groups is 1. The van der Waals surface area contributed by atoms with Crippen LogP contribution in [0.25, 0.3) is 20.7 Å². The largest absolute Gasteiger partial charge is 0.477 e. The van der Waals surface area contributed by atoms with Gasteiger partial charge in [-0.15, -0.1) is 22.7 Å². The Labute approximate surface area is 147 Å². The van der Waals surface area contributed by atoms with Gasteiger partial charge in [0.1, 0.15) is 9.71 Å². The van der Waals surface area contributed by atoms with Crippen LogP contribution in [-0.2, 0) is 11.8 Å². The highest BCUT2D eigenvalue weighted by atomic mass is 32.1. The summed E-state index contributed by atoms with van der Waals surface area (Å²) in [6.45, 7) is 6.36. The second kappa shape index (κ2) is 5.00. The van der Waals surface area contributed by atoms with Crippen molar-refractivity contribution in [2.24, 2.45) is 0 Å². The van der Waals surface area contributed by atoms with Crippen LogP contribution in [0.2, 0.25) is 0 Å². The molecular weight excluding hydrogens is 342 g/mol. The number of carboxylic acid groups (broad SMARTS) is 1. The fourth-order valence-electron chi connectivity index (χ4n) is 3.50. The van der Waals surface area contributed by atoms with E-state index in [0.29, 0.717) is 10.5 Å². The van der Waals surface area contributed by atoms with Crippen LogP contribution in [0.4, 0.5) is 5.69 Å². The molecular formula is C17H17N3O2S2. The zero-order valence-corrected chi connectivity index (χ0v) is 15.3. The molecule has 4 rings (SSSR count). The molecule has 0 fully saturated rings. The maximum Gasteiger partial charge on any atom is 0.348 e. The molecule has 0 saturated carbocycles. The van der Waals surface area contributed by atoms with Crippen LogP contribution < -0.4 is 5.73 Å². The Kier molecular flexibility index (Phi) is 3.24. The van der Waals surface area contributed by atoms with Crippen LogP contribution in [0.15, 0.2) is 5.51 Å². The van der Waals surface area contributed by atoms with E-state index in [1.54, 1.807) is 11.3 Å². The van der Waals surface area contributed by atoms with Crippen LogP contribution in [-0.4, -0.2) is 21.0 Å². The number of fused-ring (bicyclic) bond motifs is 2. The highest BCUT2D eigenvalue weighted by Gasteiger charge is 2.36. The minimum Gasteiger partial charge on any atom is -0.477 e. The van der Waals surface area contributed by atoms with Gasteiger partial charge in [-0.05, 0) is 25.3 Å². The average Bonchev–Trinajstić information content (AvgIpc) is 3.16. The highest BCUT2D eigenvalue weighted by molar-refractivity contribution is 7.21. The molecule has 0 bridgehead atoms. The molecule has 0 aliphatic heterocycles. The monoisotopic (exact) mass is 359 g/mol. The first kappa shape index (κ1) is 15.5. The smallest absolute Gasteiger partial charge is 0.348 e. The molecule has 24 heavy (non-hydrogen) atoms. The summed E-state index contributed by atoms with van der Waals surface area (Å²) in [6, 6.07) is 0. The van der Waals surface area contributed by atoms with Crippen LogP contribution in [0.1, 0.15) is 46.9 Å². The summed E-state index contributed by atoms with van der Waals surface area (Å²) < 4.78 is 0. The van der Waals surface area contributed by atoms with Crippen molar-refractivity contribution in [3.8, 4) is 10.4 Å². The van der Waals surface area contributed by atoms with Gasteiger partial charge in [0.2, 0.25) is 0 Å². The summed E-state index contributed by atoms with van der Waals surface area (Å²) in [7, 11) is 0. The SMILES string of the molecule is Cc1ncsc1-c1c2c(nc3sc(C(=O)O)c(N)c13)C(C)(C)CC2. The first-order valence-corrected chi connectivity index (χ1v) is 9.40. The Morgan fingerprint density at radius 1 is 1.42 bits per heavy atom. The third-order valence-corrected chi connectivity index (χ3v) is 6.82. The van der Waals surface area contributed by atoms with Crippen molar-refractivity contribution in [1.29, 1.82) is 0 Å². The molecule has 1 aliphatic rings. The molecule has 0 saturated heterocycles. The number of thiazole rings is 1. The molecule has 3 aromatic rings. The number of aryl methyl sites for hydroxylation is 1. The first-order chi connectivity index (χ1) is 11.3. The van der Waals surface area contributed by atoms with Gasteiger partial charge in [-0.1, -0.05) is 13.8 Å². The number of nitrogen functional groups attached to an aromatic ring is 1. The summed E-state index contributed by atoms with van der Waals surface area (Å²) >= 11 is 2.74. The second-order valence-corrected chi connectivity index (χ2v) is 8.65. The zero-order valence-electron chi connectivity index (χ0n) is 13.6. The number of aromatic carboxylic acids is 1. The number of carboxylic acids is 1. The van der Waals surface area contributed by atoms with E-state index in [1.165, 1.54) is 5.56 Å².